The molecule has 3 rings (SSSR count). The van der Waals surface area contributed by atoms with Crippen molar-refractivity contribution in [2.45, 2.75) is 17.9 Å². The predicted octanol–water partition coefficient (Wildman–Crippen LogP) is 3.36. The molecule has 0 spiro atoms. The number of anilines is 1. The van der Waals surface area contributed by atoms with E-state index in [1.165, 1.54) is 10.6 Å². The summed E-state index contributed by atoms with van der Waals surface area (Å²) in [6.45, 7) is 7.29. The van der Waals surface area contributed by atoms with Gasteiger partial charge < -0.3 is 14.7 Å². The highest BCUT2D eigenvalue weighted by molar-refractivity contribution is 7.99. The van der Waals surface area contributed by atoms with Gasteiger partial charge in [-0.05, 0) is 31.2 Å². The van der Waals surface area contributed by atoms with E-state index in [1.54, 1.807) is 11.8 Å². The molecular formula is C21H28N2O2S. The van der Waals surface area contributed by atoms with Crippen LogP contribution in [-0.4, -0.2) is 61.2 Å². The number of nitrogens with zero attached hydrogens (tertiary/aromatic N) is 2. The van der Waals surface area contributed by atoms with Gasteiger partial charge in [-0.3, -0.25) is 4.90 Å². The summed E-state index contributed by atoms with van der Waals surface area (Å²) >= 11 is 1.72. The number of hydrogen-bond acceptors (Lipinski definition) is 5. The average Bonchev–Trinajstić information content (AvgIpc) is 2.69. The van der Waals surface area contributed by atoms with Gasteiger partial charge in [-0.15, -0.1) is 11.8 Å². The number of benzene rings is 2. The van der Waals surface area contributed by atoms with E-state index in [9.17, 15) is 5.11 Å². The Bertz CT molecular complexity index is 660. The smallest absolute Gasteiger partial charge is 0.142 e. The Morgan fingerprint density at radius 1 is 1.00 bits per heavy atom. The summed E-state index contributed by atoms with van der Waals surface area (Å²) in [7, 11) is 0. The van der Waals surface area contributed by atoms with Crippen molar-refractivity contribution >= 4 is 17.4 Å². The lowest BCUT2D eigenvalue weighted by Crippen LogP contribution is -2.49. The zero-order valence-corrected chi connectivity index (χ0v) is 16.2. The van der Waals surface area contributed by atoms with Gasteiger partial charge in [0.15, 0.2) is 0 Å². The Morgan fingerprint density at radius 3 is 2.42 bits per heavy atom. The molecule has 4 nitrogen and oxygen atoms in total. The molecule has 1 heterocycles. The van der Waals surface area contributed by atoms with Gasteiger partial charge in [-0.25, -0.2) is 0 Å². The van der Waals surface area contributed by atoms with E-state index in [4.69, 9.17) is 4.74 Å². The van der Waals surface area contributed by atoms with E-state index >= 15 is 0 Å². The van der Waals surface area contributed by atoms with Gasteiger partial charge in [0.2, 0.25) is 0 Å². The molecule has 0 unspecified atom stereocenters. The molecule has 0 aliphatic carbocycles. The topological polar surface area (TPSA) is 35.9 Å². The van der Waals surface area contributed by atoms with Crippen LogP contribution in [0, 0.1) is 0 Å². The fourth-order valence-corrected chi connectivity index (χ4v) is 4.07. The average molecular weight is 373 g/mol. The van der Waals surface area contributed by atoms with Gasteiger partial charge in [-0.2, -0.15) is 0 Å². The third-order valence-corrected chi connectivity index (χ3v) is 5.69. The van der Waals surface area contributed by atoms with E-state index in [0.717, 1.165) is 44.2 Å². The summed E-state index contributed by atoms with van der Waals surface area (Å²) in [5.74, 6) is 1.69. The Hall–Kier alpha value is -1.69. The molecule has 1 aliphatic heterocycles. The van der Waals surface area contributed by atoms with Crippen LogP contribution in [0.5, 0.6) is 5.75 Å². The zero-order valence-electron chi connectivity index (χ0n) is 15.4. The number of β-amino-alcohol motifs (C(OH)–C–C–N with tert-alkyl or cyclic N) is 1. The largest absolute Gasteiger partial charge is 0.492 e. The van der Waals surface area contributed by atoms with Crippen LogP contribution in [0.2, 0.25) is 0 Å². The molecule has 0 amide bonds. The van der Waals surface area contributed by atoms with Gasteiger partial charge in [-0.1, -0.05) is 30.3 Å². The fraction of sp³-hybridized carbons (Fsp3) is 0.429. The number of aliphatic hydroxyl groups excluding tert-OH is 1. The number of para-hydroxylation sites is 2. The third kappa shape index (κ3) is 5.40. The molecule has 5 heteroatoms. The first-order valence-corrected chi connectivity index (χ1v) is 10.3. The molecular weight excluding hydrogens is 344 g/mol. The van der Waals surface area contributed by atoms with E-state index in [0.29, 0.717) is 6.61 Å². The van der Waals surface area contributed by atoms with Crippen molar-refractivity contribution in [3.8, 4) is 5.75 Å². The van der Waals surface area contributed by atoms with Crippen molar-refractivity contribution in [2.24, 2.45) is 0 Å². The quantitative estimate of drug-likeness (QED) is 0.719. The summed E-state index contributed by atoms with van der Waals surface area (Å²) in [6, 6.07) is 18.5. The second-order valence-corrected chi connectivity index (χ2v) is 7.56. The molecule has 1 saturated heterocycles. The maximum Gasteiger partial charge on any atom is 0.142 e. The monoisotopic (exact) mass is 372 g/mol. The summed E-state index contributed by atoms with van der Waals surface area (Å²) in [5, 5.41) is 10.4. The first-order valence-electron chi connectivity index (χ1n) is 9.31. The number of rotatable bonds is 8. The van der Waals surface area contributed by atoms with E-state index in [-0.39, 0.29) is 6.10 Å². The maximum absolute atomic E-state index is 10.4. The number of aliphatic hydroxyl groups is 1. The van der Waals surface area contributed by atoms with Crippen LogP contribution in [0.3, 0.4) is 0 Å². The Kier molecular flexibility index (Phi) is 7.23. The second kappa shape index (κ2) is 9.86. The molecule has 0 saturated carbocycles. The SMILES string of the molecule is CCOc1ccccc1N1CCN(C[C@@H](O)CSc2ccccc2)CC1. The van der Waals surface area contributed by atoms with Gasteiger partial charge >= 0.3 is 0 Å². The number of ether oxygens (including phenoxy) is 1. The molecule has 0 aromatic heterocycles. The van der Waals surface area contributed by atoms with Crippen molar-refractivity contribution in [3.63, 3.8) is 0 Å². The number of thioether (sulfide) groups is 1. The fourth-order valence-electron chi connectivity index (χ4n) is 3.23. The summed E-state index contributed by atoms with van der Waals surface area (Å²) in [5.41, 5.74) is 1.18. The lowest BCUT2D eigenvalue weighted by atomic mass is 10.2. The minimum atomic E-state index is -0.303. The zero-order chi connectivity index (χ0) is 18.2. The van der Waals surface area contributed by atoms with Crippen LogP contribution in [0.1, 0.15) is 6.92 Å². The molecule has 2 aromatic rings. The van der Waals surface area contributed by atoms with Crippen LogP contribution in [-0.2, 0) is 0 Å². The molecule has 1 N–H and O–H groups in total. The number of hydrogen-bond donors (Lipinski definition) is 1. The van der Waals surface area contributed by atoms with Crippen molar-refractivity contribution in [3.05, 3.63) is 54.6 Å². The standard InChI is InChI=1S/C21H28N2O2S/c1-2-25-21-11-7-6-10-20(21)23-14-12-22(13-15-23)16-18(24)17-26-19-8-4-3-5-9-19/h3-11,18,24H,2,12-17H2,1H3/t18-/m1/s1. The van der Waals surface area contributed by atoms with Gasteiger partial charge in [0.1, 0.15) is 5.75 Å². The summed E-state index contributed by atoms with van der Waals surface area (Å²) in [4.78, 5) is 5.95. The highest BCUT2D eigenvalue weighted by Crippen LogP contribution is 2.29. The minimum Gasteiger partial charge on any atom is -0.492 e. The van der Waals surface area contributed by atoms with E-state index < -0.39 is 0 Å². The molecule has 1 aliphatic rings. The lowest BCUT2D eigenvalue weighted by molar-refractivity contribution is 0.126. The summed E-state index contributed by atoms with van der Waals surface area (Å²) in [6.07, 6.45) is -0.303. The maximum atomic E-state index is 10.4. The third-order valence-electron chi connectivity index (χ3n) is 4.53. The molecule has 1 atom stereocenters. The summed E-state index contributed by atoms with van der Waals surface area (Å²) < 4.78 is 5.76. The van der Waals surface area contributed by atoms with E-state index in [2.05, 4.69) is 34.1 Å². The highest BCUT2D eigenvalue weighted by Gasteiger charge is 2.21. The predicted molar refractivity (Wildman–Crippen MR) is 109 cm³/mol. The van der Waals surface area contributed by atoms with Crippen LogP contribution >= 0.6 is 11.8 Å². The van der Waals surface area contributed by atoms with Crippen molar-refractivity contribution in [1.82, 2.24) is 4.90 Å². The Labute approximate surface area is 160 Å². The Morgan fingerprint density at radius 2 is 1.69 bits per heavy atom. The number of piperazine rings is 1. The molecule has 140 valence electrons. The van der Waals surface area contributed by atoms with E-state index in [1.807, 2.05) is 37.3 Å². The molecule has 0 radical (unpaired) electrons. The van der Waals surface area contributed by atoms with Gasteiger partial charge in [0, 0.05) is 43.4 Å². The van der Waals surface area contributed by atoms with Gasteiger partial charge in [0.05, 0.1) is 18.4 Å². The van der Waals surface area contributed by atoms with Crippen LogP contribution in [0.25, 0.3) is 0 Å². The highest BCUT2D eigenvalue weighted by atomic mass is 32.2. The minimum absolute atomic E-state index is 0.303. The van der Waals surface area contributed by atoms with Crippen LogP contribution < -0.4 is 9.64 Å². The molecule has 0 bridgehead atoms. The van der Waals surface area contributed by atoms with Crippen molar-refractivity contribution in [1.29, 1.82) is 0 Å². The van der Waals surface area contributed by atoms with Crippen molar-refractivity contribution < 1.29 is 9.84 Å². The second-order valence-electron chi connectivity index (χ2n) is 6.47. The molecule has 26 heavy (non-hydrogen) atoms. The first-order chi connectivity index (χ1) is 12.8. The van der Waals surface area contributed by atoms with Crippen LogP contribution in [0.4, 0.5) is 5.69 Å². The van der Waals surface area contributed by atoms with Gasteiger partial charge in [0.25, 0.3) is 0 Å². The molecule has 2 aromatic carbocycles. The normalized spacial score (nSPS) is 16.5. The first kappa shape index (κ1) is 19.1. The Balaban J connectivity index is 1.45. The molecule has 1 fully saturated rings. The van der Waals surface area contributed by atoms with Crippen molar-refractivity contribution in [2.75, 3.05) is 50.0 Å². The lowest BCUT2D eigenvalue weighted by Gasteiger charge is -2.37. The van der Waals surface area contributed by atoms with Crippen LogP contribution in [0.15, 0.2) is 59.5 Å².